The second-order valence-electron chi connectivity index (χ2n) is 3.87. The van der Waals surface area contributed by atoms with Crippen molar-refractivity contribution in [1.29, 1.82) is 0 Å². The molecule has 0 amide bonds. The van der Waals surface area contributed by atoms with Crippen LogP contribution in [0.5, 0.6) is 0 Å². The molecule has 1 aliphatic rings. The predicted molar refractivity (Wildman–Crippen MR) is 66.2 cm³/mol. The largest absolute Gasteiger partial charge is 0.306 e. The number of nitrogens with one attached hydrogen (secondary N) is 1. The molecule has 1 fully saturated rings. The van der Waals surface area contributed by atoms with Crippen molar-refractivity contribution in [2.75, 3.05) is 5.75 Å². The molecule has 0 bridgehead atoms. The summed E-state index contributed by atoms with van der Waals surface area (Å²) >= 11 is 3.93. The predicted octanol–water partition coefficient (Wildman–Crippen LogP) is 3.29. The first-order valence-corrected chi connectivity index (χ1v) is 7.11. The van der Waals surface area contributed by atoms with Crippen molar-refractivity contribution < 1.29 is 0 Å². The molecule has 2 heterocycles. The Morgan fingerprint density at radius 1 is 1.57 bits per heavy atom. The van der Waals surface area contributed by atoms with Gasteiger partial charge in [-0.2, -0.15) is 11.8 Å². The third kappa shape index (κ3) is 2.33. The number of thiophene rings is 1. The van der Waals surface area contributed by atoms with Gasteiger partial charge in [0.2, 0.25) is 0 Å². The first-order valence-electron chi connectivity index (χ1n) is 5.18. The van der Waals surface area contributed by atoms with Crippen molar-refractivity contribution in [3.63, 3.8) is 0 Å². The van der Waals surface area contributed by atoms with E-state index >= 15 is 0 Å². The Labute approximate surface area is 94.3 Å². The summed E-state index contributed by atoms with van der Waals surface area (Å²) in [6.45, 7) is 4.60. The Balaban J connectivity index is 1.91. The van der Waals surface area contributed by atoms with Gasteiger partial charge in [0.05, 0.1) is 0 Å². The Morgan fingerprint density at radius 2 is 2.43 bits per heavy atom. The minimum Gasteiger partial charge on any atom is -0.306 e. The number of hydrogen-bond donors (Lipinski definition) is 1. The first-order chi connectivity index (χ1) is 6.77. The van der Waals surface area contributed by atoms with Crippen LogP contribution in [-0.2, 0) is 0 Å². The molecule has 14 heavy (non-hydrogen) atoms. The second-order valence-corrected chi connectivity index (χ2v) is 6.34. The zero-order valence-electron chi connectivity index (χ0n) is 8.69. The van der Waals surface area contributed by atoms with Crippen LogP contribution in [0.2, 0.25) is 0 Å². The number of thioether (sulfide) groups is 1. The monoisotopic (exact) mass is 227 g/mol. The maximum atomic E-state index is 3.72. The van der Waals surface area contributed by atoms with Crippen LogP contribution in [0, 0.1) is 0 Å². The highest BCUT2D eigenvalue weighted by Crippen LogP contribution is 2.29. The normalized spacial score (nSPS) is 29.3. The lowest BCUT2D eigenvalue weighted by Gasteiger charge is -2.21. The molecule has 3 heteroatoms. The molecule has 0 saturated carbocycles. The first kappa shape index (κ1) is 10.5. The molecule has 0 spiro atoms. The summed E-state index contributed by atoms with van der Waals surface area (Å²) in [5, 5.41) is 6.65. The lowest BCUT2D eigenvalue weighted by atomic mass is 10.1. The Hall–Kier alpha value is 0.01000. The molecule has 1 aromatic rings. The molecular weight excluding hydrogens is 210 g/mol. The second kappa shape index (κ2) is 4.69. The Bertz CT molecular complexity index is 271. The highest BCUT2D eigenvalue weighted by molar-refractivity contribution is 8.00. The third-order valence-electron chi connectivity index (χ3n) is 2.81. The summed E-state index contributed by atoms with van der Waals surface area (Å²) in [7, 11) is 0. The van der Waals surface area contributed by atoms with Gasteiger partial charge >= 0.3 is 0 Å². The quantitative estimate of drug-likeness (QED) is 0.850. The van der Waals surface area contributed by atoms with Crippen LogP contribution in [0.1, 0.15) is 31.2 Å². The van der Waals surface area contributed by atoms with E-state index in [0.717, 1.165) is 5.25 Å². The van der Waals surface area contributed by atoms with E-state index in [-0.39, 0.29) is 0 Å². The van der Waals surface area contributed by atoms with Gasteiger partial charge in [-0.3, -0.25) is 0 Å². The van der Waals surface area contributed by atoms with E-state index in [1.165, 1.54) is 17.1 Å². The maximum Gasteiger partial charge on any atom is 0.0388 e. The standard InChI is InChI=1S/C11H17NS2/c1-8(11-4-3-6-14-11)12-10-5-7-13-9(10)2/h3-4,6,8-10,12H,5,7H2,1-2H3/t8-,9?,10?/m1/s1. The van der Waals surface area contributed by atoms with E-state index in [0.29, 0.717) is 12.1 Å². The molecule has 1 nitrogen and oxygen atoms in total. The van der Waals surface area contributed by atoms with Crippen molar-refractivity contribution in [1.82, 2.24) is 5.32 Å². The van der Waals surface area contributed by atoms with Gasteiger partial charge in [0.25, 0.3) is 0 Å². The lowest BCUT2D eigenvalue weighted by molar-refractivity contribution is 0.458. The van der Waals surface area contributed by atoms with Gasteiger partial charge < -0.3 is 5.32 Å². The Morgan fingerprint density at radius 3 is 3.00 bits per heavy atom. The summed E-state index contributed by atoms with van der Waals surface area (Å²) in [5.74, 6) is 1.32. The SMILES string of the molecule is CC1SCCC1N[C@H](C)c1cccs1. The number of hydrogen-bond acceptors (Lipinski definition) is 3. The van der Waals surface area contributed by atoms with Crippen molar-refractivity contribution in [3.05, 3.63) is 22.4 Å². The van der Waals surface area contributed by atoms with Crippen LogP contribution in [0.15, 0.2) is 17.5 Å². The third-order valence-corrected chi connectivity index (χ3v) is 5.19. The van der Waals surface area contributed by atoms with Gasteiger partial charge in [0, 0.05) is 22.2 Å². The summed E-state index contributed by atoms with van der Waals surface area (Å²) in [4.78, 5) is 1.45. The molecule has 1 saturated heterocycles. The molecule has 3 atom stereocenters. The Kier molecular flexibility index (Phi) is 3.52. The molecule has 0 aromatic carbocycles. The van der Waals surface area contributed by atoms with E-state index in [1.807, 2.05) is 11.3 Å². The smallest absolute Gasteiger partial charge is 0.0388 e. The van der Waals surface area contributed by atoms with Crippen molar-refractivity contribution in [2.24, 2.45) is 0 Å². The van der Waals surface area contributed by atoms with Gasteiger partial charge in [-0.05, 0) is 30.5 Å². The minimum absolute atomic E-state index is 0.515. The molecule has 1 N–H and O–H groups in total. The molecule has 1 aliphatic heterocycles. The van der Waals surface area contributed by atoms with Crippen LogP contribution in [0.4, 0.5) is 0 Å². The van der Waals surface area contributed by atoms with E-state index in [1.54, 1.807) is 0 Å². The fraction of sp³-hybridized carbons (Fsp3) is 0.636. The van der Waals surface area contributed by atoms with Crippen LogP contribution in [-0.4, -0.2) is 17.0 Å². The van der Waals surface area contributed by atoms with E-state index in [9.17, 15) is 0 Å². The summed E-state index contributed by atoms with van der Waals surface area (Å²) in [6.07, 6.45) is 1.32. The van der Waals surface area contributed by atoms with Crippen molar-refractivity contribution in [2.45, 2.75) is 37.6 Å². The van der Waals surface area contributed by atoms with E-state index in [2.05, 4.69) is 48.4 Å². The fourth-order valence-corrected chi connectivity index (χ4v) is 3.84. The molecule has 1 aromatic heterocycles. The topological polar surface area (TPSA) is 12.0 Å². The van der Waals surface area contributed by atoms with Crippen molar-refractivity contribution in [3.8, 4) is 0 Å². The van der Waals surface area contributed by atoms with Crippen LogP contribution >= 0.6 is 23.1 Å². The molecular formula is C11H17NS2. The zero-order valence-corrected chi connectivity index (χ0v) is 10.3. The summed E-state index contributed by atoms with van der Waals surface area (Å²) in [6, 6.07) is 5.57. The molecule has 78 valence electrons. The summed E-state index contributed by atoms with van der Waals surface area (Å²) in [5.41, 5.74) is 0. The molecule has 0 radical (unpaired) electrons. The average molecular weight is 227 g/mol. The summed E-state index contributed by atoms with van der Waals surface area (Å²) < 4.78 is 0. The highest BCUT2D eigenvalue weighted by Gasteiger charge is 2.25. The van der Waals surface area contributed by atoms with Gasteiger partial charge in [-0.1, -0.05) is 13.0 Å². The minimum atomic E-state index is 0.515. The van der Waals surface area contributed by atoms with Gasteiger partial charge in [0.1, 0.15) is 0 Å². The zero-order chi connectivity index (χ0) is 9.97. The van der Waals surface area contributed by atoms with E-state index in [4.69, 9.17) is 0 Å². The van der Waals surface area contributed by atoms with E-state index < -0.39 is 0 Å². The number of rotatable bonds is 3. The molecule has 2 rings (SSSR count). The molecule has 0 aliphatic carbocycles. The highest BCUT2D eigenvalue weighted by atomic mass is 32.2. The van der Waals surface area contributed by atoms with Crippen molar-refractivity contribution >= 4 is 23.1 Å². The van der Waals surface area contributed by atoms with Gasteiger partial charge in [-0.25, -0.2) is 0 Å². The average Bonchev–Trinajstić information content (AvgIpc) is 2.77. The fourth-order valence-electron chi connectivity index (χ4n) is 1.89. The lowest BCUT2D eigenvalue weighted by Crippen LogP contribution is -2.35. The van der Waals surface area contributed by atoms with Crippen LogP contribution in [0.25, 0.3) is 0 Å². The van der Waals surface area contributed by atoms with Crippen LogP contribution < -0.4 is 5.32 Å². The molecule has 2 unspecified atom stereocenters. The van der Waals surface area contributed by atoms with Gasteiger partial charge in [0.15, 0.2) is 0 Å². The maximum absolute atomic E-state index is 3.72. The van der Waals surface area contributed by atoms with Gasteiger partial charge in [-0.15, -0.1) is 11.3 Å². The van der Waals surface area contributed by atoms with Crippen LogP contribution in [0.3, 0.4) is 0 Å².